The van der Waals surface area contributed by atoms with Gasteiger partial charge in [-0.25, -0.2) is 0 Å². The highest BCUT2D eigenvalue weighted by Gasteiger charge is 2.16. The van der Waals surface area contributed by atoms with Gasteiger partial charge >= 0.3 is 0 Å². The van der Waals surface area contributed by atoms with E-state index in [1.165, 1.54) is 0 Å². The quantitative estimate of drug-likeness (QED) is 0.697. The highest BCUT2D eigenvalue weighted by molar-refractivity contribution is 5.27. The molecule has 3 N–H and O–H groups in total. The number of aliphatic hydroxyl groups excluding tert-OH is 1. The van der Waals surface area contributed by atoms with Crippen molar-refractivity contribution in [3.63, 3.8) is 0 Å². The molecule has 0 saturated heterocycles. The molecule has 1 aromatic carbocycles. The van der Waals surface area contributed by atoms with E-state index in [1.807, 2.05) is 24.3 Å². The SMILES string of the molecule is CNCC(O)c1ccc(C(C)(C)O)cc1. The summed E-state index contributed by atoms with van der Waals surface area (Å²) in [5, 5.41) is 22.3. The normalized spacial score (nSPS) is 13.9. The van der Waals surface area contributed by atoms with Crippen molar-refractivity contribution < 1.29 is 10.2 Å². The lowest BCUT2D eigenvalue weighted by Crippen LogP contribution is -2.18. The summed E-state index contributed by atoms with van der Waals surface area (Å²) in [6, 6.07) is 7.37. The van der Waals surface area contributed by atoms with Crippen molar-refractivity contribution in [1.82, 2.24) is 5.32 Å². The van der Waals surface area contributed by atoms with Gasteiger partial charge in [-0.2, -0.15) is 0 Å². The second kappa shape index (κ2) is 4.75. The molecule has 15 heavy (non-hydrogen) atoms. The van der Waals surface area contributed by atoms with Gasteiger partial charge in [0.25, 0.3) is 0 Å². The number of benzene rings is 1. The second-order valence-electron chi connectivity index (χ2n) is 4.25. The average Bonchev–Trinajstić information content (AvgIpc) is 2.17. The summed E-state index contributed by atoms with van der Waals surface area (Å²) in [4.78, 5) is 0. The van der Waals surface area contributed by atoms with E-state index in [1.54, 1.807) is 20.9 Å². The van der Waals surface area contributed by atoms with Gasteiger partial charge in [0, 0.05) is 6.54 Å². The Labute approximate surface area is 90.8 Å². The Hall–Kier alpha value is -0.900. The first-order valence-corrected chi connectivity index (χ1v) is 5.10. The lowest BCUT2D eigenvalue weighted by Gasteiger charge is -2.18. The molecule has 0 amide bonds. The van der Waals surface area contributed by atoms with Crippen LogP contribution in [0.2, 0.25) is 0 Å². The topological polar surface area (TPSA) is 52.5 Å². The van der Waals surface area contributed by atoms with Gasteiger partial charge in [0.2, 0.25) is 0 Å². The second-order valence-corrected chi connectivity index (χ2v) is 4.25. The molecule has 1 rings (SSSR count). The highest BCUT2D eigenvalue weighted by atomic mass is 16.3. The fourth-order valence-electron chi connectivity index (χ4n) is 1.42. The Kier molecular flexibility index (Phi) is 3.85. The lowest BCUT2D eigenvalue weighted by atomic mass is 9.96. The molecular formula is C12H19NO2. The predicted molar refractivity (Wildman–Crippen MR) is 60.6 cm³/mol. The van der Waals surface area contributed by atoms with Crippen LogP contribution < -0.4 is 5.32 Å². The summed E-state index contributed by atoms with van der Waals surface area (Å²) in [6.45, 7) is 4.01. The van der Waals surface area contributed by atoms with Crippen molar-refractivity contribution in [2.24, 2.45) is 0 Å². The van der Waals surface area contributed by atoms with Crippen molar-refractivity contribution in [2.45, 2.75) is 25.6 Å². The van der Waals surface area contributed by atoms with E-state index < -0.39 is 11.7 Å². The van der Waals surface area contributed by atoms with E-state index >= 15 is 0 Å². The molecule has 0 spiro atoms. The lowest BCUT2D eigenvalue weighted by molar-refractivity contribution is 0.0784. The minimum Gasteiger partial charge on any atom is -0.387 e. The molecule has 0 heterocycles. The Bertz CT molecular complexity index is 300. The Morgan fingerprint density at radius 3 is 2.20 bits per heavy atom. The van der Waals surface area contributed by atoms with E-state index in [0.29, 0.717) is 6.54 Å². The van der Waals surface area contributed by atoms with E-state index in [-0.39, 0.29) is 0 Å². The zero-order valence-corrected chi connectivity index (χ0v) is 9.49. The van der Waals surface area contributed by atoms with Gasteiger partial charge in [0.1, 0.15) is 0 Å². The van der Waals surface area contributed by atoms with Crippen molar-refractivity contribution >= 4 is 0 Å². The van der Waals surface area contributed by atoms with Gasteiger partial charge in [0.05, 0.1) is 11.7 Å². The van der Waals surface area contributed by atoms with Crippen LogP contribution in [-0.4, -0.2) is 23.8 Å². The summed E-state index contributed by atoms with van der Waals surface area (Å²) < 4.78 is 0. The molecule has 0 aliphatic rings. The van der Waals surface area contributed by atoms with Gasteiger partial charge in [-0.15, -0.1) is 0 Å². The van der Waals surface area contributed by atoms with Crippen LogP contribution in [0.5, 0.6) is 0 Å². The first-order valence-electron chi connectivity index (χ1n) is 5.10. The minimum absolute atomic E-state index is 0.495. The molecular weight excluding hydrogens is 190 g/mol. The van der Waals surface area contributed by atoms with Gasteiger partial charge in [-0.3, -0.25) is 0 Å². The molecule has 1 aromatic rings. The first kappa shape index (κ1) is 12.2. The fraction of sp³-hybridized carbons (Fsp3) is 0.500. The van der Waals surface area contributed by atoms with Crippen LogP contribution in [0.15, 0.2) is 24.3 Å². The number of nitrogens with one attached hydrogen (secondary N) is 1. The molecule has 0 bridgehead atoms. The van der Waals surface area contributed by atoms with Crippen molar-refractivity contribution in [3.8, 4) is 0 Å². The van der Waals surface area contributed by atoms with E-state index in [9.17, 15) is 10.2 Å². The van der Waals surface area contributed by atoms with Gasteiger partial charge in [-0.1, -0.05) is 24.3 Å². The van der Waals surface area contributed by atoms with Crippen LogP contribution in [0.1, 0.15) is 31.1 Å². The predicted octanol–water partition coefficient (Wildman–Crippen LogP) is 1.17. The number of aliphatic hydroxyl groups is 2. The van der Waals surface area contributed by atoms with Crippen LogP contribution in [0.3, 0.4) is 0 Å². The van der Waals surface area contributed by atoms with Crippen LogP contribution in [0, 0.1) is 0 Å². The maximum atomic E-state index is 9.75. The Balaban J connectivity index is 2.81. The zero-order chi connectivity index (χ0) is 11.5. The van der Waals surface area contributed by atoms with Gasteiger partial charge in [-0.05, 0) is 32.0 Å². The van der Waals surface area contributed by atoms with Crippen LogP contribution in [0.25, 0.3) is 0 Å². The molecule has 3 nitrogen and oxygen atoms in total. The highest BCUT2D eigenvalue weighted by Crippen LogP contribution is 2.21. The third-order valence-corrected chi connectivity index (χ3v) is 2.40. The number of hydrogen-bond donors (Lipinski definition) is 3. The molecule has 0 fully saturated rings. The number of likely N-dealkylation sites (N-methyl/N-ethyl adjacent to an activating group) is 1. The van der Waals surface area contributed by atoms with E-state index in [4.69, 9.17) is 0 Å². The third kappa shape index (κ3) is 3.30. The molecule has 1 atom stereocenters. The summed E-state index contributed by atoms with van der Waals surface area (Å²) in [6.07, 6.45) is -0.495. The Morgan fingerprint density at radius 1 is 1.27 bits per heavy atom. The van der Waals surface area contributed by atoms with Crippen LogP contribution >= 0.6 is 0 Å². The first-order chi connectivity index (χ1) is 6.95. The van der Waals surface area contributed by atoms with Crippen molar-refractivity contribution in [2.75, 3.05) is 13.6 Å². The van der Waals surface area contributed by atoms with Gasteiger partial charge in [0.15, 0.2) is 0 Å². The van der Waals surface area contributed by atoms with E-state index in [2.05, 4.69) is 5.32 Å². The molecule has 3 heteroatoms. The number of rotatable bonds is 4. The monoisotopic (exact) mass is 209 g/mol. The van der Waals surface area contributed by atoms with E-state index in [0.717, 1.165) is 11.1 Å². The van der Waals surface area contributed by atoms with Crippen molar-refractivity contribution in [3.05, 3.63) is 35.4 Å². The molecule has 1 unspecified atom stereocenters. The van der Waals surface area contributed by atoms with Crippen LogP contribution in [0.4, 0.5) is 0 Å². The van der Waals surface area contributed by atoms with Crippen molar-refractivity contribution in [1.29, 1.82) is 0 Å². The summed E-state index contributed by atoms with van der Waals surface area (Å²) >= 11 is 0. The fourth-order valence-corrected chi connectivity index (χ4v) is 1.42. The molecule has 0 aliphatic carbocycles. The smallest absolute Gasteiger partial charge is 0.0914 e. The summed E-state index contributed by atoms with van der Waals surface area (Å²) in [5.41, 5.74) is 0.882. The maximum absolute atomic E-state index is 9.75. The van der Waals surface area contributed by atoms with Crippen LogP contribution in [-0.2, 0) is 5.60 Å². The minimum atomic E-state index is -0.827. The maximum Gasteiger partial charge on any atom is 0.0914 e. The molecule has 0 saturated carbocycles. The molecule has 0 aromatic heterocycles. The molecule has 0 radical (unpaired) electrons. The summed E-state index contributed by atoms with van der Waals surface area (Å²) in [7, 11) is 1.80. The number of hydrogen-bond acceptors (Lipinski definition) is 3. The third-order valence-electron chi connectivity index (χ3n) is 2.40. The standard InChI is InChI=1S/C12H19NO2/c1-12(2,15)10-6-4-9(5-7-10)11(14)8-13-3/h4-7,11,13-15H,8H2,1-3H3. The largest absolute Gasteiger partial charge is 0.387 e. The average molecular weight is 209 g/mol. The molecule has 0 aliphatic heterocycles. The molecule has 84 valence electrons. The van der Waals surface area contributed by atoms with Gasteiger partial charge < -0.3 is 15.5 Å². The summed E-state index contributed by atoms with van der Waals surface area (Å²) in [5.74, 6) is 0. The zero-order valence-electron chi connectivity index (χ0n) is 9.49. The Morgan fingerprint density at radius 2 is 1.80 bits per heavy atom.